The van der Waals surface area contributed by atoms with Crippen molar-refractivity contribution in [1.29, 1.82) is 0 Å². The van der Waals surface area contributed by atoms with Crippen molar-refractivity contribution in [3.63, 3.8) is 0 Å². The number of rotatable bonds is 4. The van der Waals surface area contributed by atoms with Crippen molar-refractivity contribution in [3.05, 3.63) is 33.4 Å². The molecule has 1 aliphatic carbocycles. The molecular formula is C12H15N3O5S. The fourth-order valence-electron chi connectivity index (χ4n) is 2.08. The summed E-state index contributed by atoms with van der Waals surface area (Å²) < 4.78 is 22.8. The number of nitrogens with two attached hydrogens (primary N) is 1. The molecule has 0 aliphatic heterocycles. The van der Waals surface area contributed by atoms with Crippen LogP contribution in [0.15, 0.2) is 17.0 Å². The zero-order valence-electron chi connectivity index (χ0n) is 11.3. The zero-order valence-corrected chi connectivity index (χ0v) is 12.1. The second-order valence-corrected chi connectivity index (χ2v) is 6.58. The van der Waals surface area contributed by atoms with Gasteiger partial charge in [-0.3, -0.25) is 14.9 Å². The Balaban J connectivity index is 2.49. The van der Waals surface area contributed by atoms with Gasteiger partial charge < -0.3 is 5.32 Å². The first-order valence-electron chi connectivity index (χ1n) is 6.33. The van der Waals surface area contributed by atoms with Crippen LogP contribution >= 0.6 is 0 Å². The molecule has 1 aromatic rings. The maximum Gasteiger partial charge on any atom is 0.274 e. The number of sulfonamides is 1. The van der Waals surface area contributed by atoms with Crippen LogP contribution in [-0.4, -0.2) is 25.3 Å². The van der Waals surface area contributed by atoms with Crippen molar-refractivity contribution in [2.24, 2.45) is 5.14 Å². The summed E-state index contributed by atoms with van der Waals surface area (Å²) in [5, 5.41) is 18.7. The zero-order chi connectivity index (χ0) is 15.8. The minimum Gasteiger partial charge on any atom is -0.349 e. The van der Waals surface area contributed by atoms with E-state index in [9.17, 15) is 23.3 Å². The number of hydrogen-bond acceptors (Lipinski definition) is 5. The van der Waals surface area contributed by atoms with Gasteiger partial charge in [0.05, 0.1) is 15.4 Å². The van der Waals surface area contributed by atoms with Gasteiger partial charge in [-0.25, -0.2) is 13.6 Å². The van der Waals surface area contributed by atoms with E-state index in [0.717, 1.165) is 31.4 Å². The van der Waals surface area contributed by atoms with Crippen LogP contribution in [0.3, 0.4) is 0 Å². The topological polar surface area (TPSA) is 132 Å². The van der Waals surface area contributed by atoms with E-state index in [1.165, 1.54) is 6.92 Å². The Hall–Kier alpha value is -2.00. The lowest BCUT2D eigenvalue weighted by Crippen LogP contribution is -2.39. The molecule has 1 saturated carbocycles. The number of primary sulfonamides is 1. The van der Waals surface area contributed by atoms with E-state index in [0.29, 0.717) is 0 Å². The number of hydrogen-bond donors (Lipinski definition) is 2. The summed E-state index contributed by atoms with van der Waals surface area (Å²) in [6, 6.07) is 1.98. The number of nitro groups is 1. The molecule has 1 amide bonds. The first-order chi connectivity index (χ1) is 9.70. The molecule has 0 spiro atoms. The van der Waals surface area contributed by atoms with Gasteiger partial charge in [-0.1, -0.05) is 0 Å². The van der Waals surface area contributed by atoms with E-state index in [2.05, 4.69) is 5.32 Å². The lowest BCUT2D eigenvalue weighted by molar-refractivity contribution is -0.385. The minimum absolute atomic E-state index is 0.0362. The number of benzene rings is 1. The van der Waals surface area contributed by atoms with E-state index >= 15 is 0 Å². The Morgan fingerprint density at radius 2 is 2.05 bits per heavy atom. The first kappa shape index (κ1) is 15.4. The summed E-state index contributed by atoms with van der Waals surface area (Å²) in [5.41, 5.74) is -0.371. The SMILES string of the molecule is Cc1c(C(=O)NC2CCC2)cc(S(N)(=O)=O)cc1[N+](=O)[O-]. The standard InChI is InChI=1S/C12H15N3O5S/c1-7-10(12(16)14-8-3-2-4-8)5-9(21(13,19)20)6-11(7)15(17)18/h5-6,8H,2-4H2,1H3,(H,14,16)(H2,13,19,20). The van der Waals surface area contributed by atoms with Crippen LogP contribution in [0, 0.1) is 17.0 Å². The van der Waals surface area contributed by atoms with E-state index in [1.54, 1.807) is 0 Å². The molecule has 0 unspecified atom stereocenters. The average molecular weight is 313 g/mol. The molecule has 0 aromatic heterocycles. The summed E-state index contributed by atoms with van der Waals surface area (Å²) >= 11 is 0. The Labute approximate surface area is 121 Å². The molecule has 1 aliphatic rings. The van der Waals surface area contributed by atoms with Crippen molar-refractivity contribution in [2.75, 3.05) is 0 Å². The third-order valence-corrected chi connectivity index (χ3v) is 4.46. The largest absolute Gasteiger partial charge is 0.349 e. The van der Waals surface area contributed by atoms with Gasteiger partial charge in [0, 0.05) is 17.7 Å². The molecule has 8 nitrogen and oxygen atoms in total. The molecule has 1 fully saturated rings. The maximum absolute atomic E-state index is 12.2. The van der Waals surface area contributed by atoms with Crippen LogP contribution in [-0.2, 0) is 10.0 Å². The van der Waals surface area contributed by atoms with Crippen LogP contribution in [0.4, 0.5) is 5.69 Å². The molecular weight excluding hydrogens is 298 g/mol. The highest BCUT2D eigenvalue weighted by molar-refractivity contribution is 7.89. The van der Waals surface area contributed by atoms with Crippen molar-refractivity contribution >= 4 is 21.6 Å². The summed E-state index contributed by atoms with van der Waals surface area (Å²) in [6.45, 7) is 1.40. The maximum atomic E-state index is 12.2. The van der Waals surface area contributed by atoms with Crippen LogP contribution < -0.4 is 10.5 Å². The van der Waals surface area contributed by atoms with Crippen molar-refractivity contribution < 1.29 is 18.1 Å². The van der Waals surface area contributed by atoms with Crippen LogP contribution in [0.2, 0.25) is 0 Å². The van der Waals surface area contributed by atoms with Crippen LogP contribution in [0.1, 0.15) is 35.2 Å². The lowest BCUT2D eigenvalue weighted by atomic mass is 9.92. The average Bonchev–Trinajstić information content (AvgIpc) is 2.31. The normalized spacial score (nSPS) is 15.3. The Morgan fingerprint density at radius 1 is 1.43 bits per heavy atom. The molecule has 0 saturated heterocycles. The van der Waals surface area contributed by atoms with Gasteiger partial charge in [0.2, 0.25) is 10.0 Å². The van der Waals surface area contributed by atoms with E-state index < -0.39 is 31.4 Å². The number of amides is 1. The van der Waals surface area contributed by atoms with Gasteiger partial charge in [0.1, 0.15) is 0 Å². The Bertz CT molecular complexity index is 710. The highest BCUT2D eigenvalue weighted by Crippen LogP contribution is 2.27. The minimum atomic E-state index is -4.14. The van der Waals surface area contributed by atoms with Crippen molar-refractivity contribution in [3.8, 4) is 0 Å². The van der Waals surface area contributed by atoms with Crippen molar-refractivity contribution in [2.45, 2.75) is 37.1 Å². The molecule has 21 heavy (non-hydrogen) atoms. The first-order valence-corrected chi connectivity index (χ1v) is 7.87. The molecule has 0 heterocycles. The predicted octanol–water partition coefficient (Wildman–Crippen LogP) is 0.833. The molecule has 0 radical (unpaired) electrons. The lowest BCUT2D eigenvalue weighted by Gasteiger charge is -2.26. The van der Waals surface area contributed by atoms with E-state index in [1.807, 2.05) is 0 Å². The molecule has 114 valence electrons. The van der Waals surface area contributed by atoms with Gasteiger partial charge in [-0.05, 0) is 32.3 Å². The fourth-order valence-corrected chi connectivity index (χ4v) is 2.64. The number of carbonyl (C=O) groups is 1. The highest BCUT2D eigenvalue weighted by Gasteiger charge is 2.26. The molecule has 0 bridgehead atoms. The number of nitrogens with one attached hydrogen (secondary N) is 1. The van der Waals surface area contributed by atoms with Gasteiger partial charge in [-0.2, -0.15) is 0 Å². The Morgan fingerprint density at radius 3 is 2.48 bits per heavy atom. The number of nitrogens with zero attached hydrogens (tertiary/aromatic N) is 1. The summed E-state index contributed by atoms with van der Waals surface area (Å²) in [4.78, 5) is 22.0. The third kappa shape index (κ3) is 3.19. The summed E-state index contributed by atoms with van der Waals surface area (Å²) in [5.74, 6) is -0.522. The van der Waals surface area contributed by atoms with Gasteiger partial charge in [0.25, 0.3) is 11.6 Å². The van der Waals surface area contributed by atoms with Gasteiger partial charge in [-0.15, -0.1) is 0 Å². The second-order valence-electron chi connectivity index (χ2n) is 5.02. The third-order valence-electron chi connectivity index (χ3n) is 3.56. The molecule has 0 atom stereocenters. The quantitative estimate of drug-likeness (QED) is 0.627. The van der Waals surface area contributed by atoms with Crippen LogP contribution in [0.25, 0.3) is 0 Å². The van der Waals surface area contributed by atoms with Gasteiger partial charge >= 0.3 is 0 Å². The fraction of sp³-hybridized carbons (Fsp3) is 0.417. The van der Waals surface area contributed by atoms with E-state index in [-0.39, 0.29) is 17.2 Å². The monoisotopic (exact) mass is 313 g/mol. The molecule has 2 rings (SSSR count). The second kappa shape index (κ2) is 5.41. The number of carbonyl (C=O) groups excluding carboxylic acids is 1. The van der Waals surface area contributed by atoms with E-state index in [4.69, 9.17) is 5.14 Å². The smallest absolute Gasteiger partial charge is 0.274 e. The van der Waals surface area contributed by atoms with Crippen LogP contribution in [0.5, 0.6) is 0 Å². The molecule has 1 aromatic carbocycles. The number of nitro benzene ring substituents is 1. The predicted molar refractivity (Wildman–Crippen MR) is 74.3 cm³/mol. The summed E-state index contributed by atoms with van der Waals surface area (Å²) in [6.07, 6.45) is 2.71. The van der Waals surface area contributed by atoms with Gasteiger partial charge in [0.15, 0.2) is 0 Å². The molecule has 9 heteroatoms. The summed E-state index contributed by atoms with van der Waals surface area (Å²) in [7, 11) is -4.14. The highest BCUT2D eigenvalue weighted by atomic mass is 32.2. The van der Waals surface area contributed by atoms with Crippen molar-refractivity contribution in [1.82, 2.24) is 5.32 Å². The Kier molecular flexibility index (Phi) is 3.97. The molecule has 3 N–H and O–H groups in total.